The van der Waals surface area contributed by atoms with E-state index in [1.807, 2.05) is 0 Å². The minimum absolute atomic E-state index is 0.00796. The summed E-state index contributed by atoms with van der Waals surface area (Å²) in [6.07, 6.45) is 1.48. The van der Waals surface area contributed by atoms with Crippen molar-refractivity contribution in [2.24, 2.45) is 0 Å². The van der Waals surface area contributed by atoms with Crippen molar-refractivity contribution in [3.8, 4) is 5.69 Å². The number of benzene rings is 1. The van der Waals surface area contributed by atoms with Crippen LogP contribution in [0.3, 0.4) is 0 Å². The van der Waals surface area contributed by atoms with E-state index in [1.54, 1.807) is 6.07 Å². The molecule has 0 spiro atoms. The lowest BCUT2D eigenvalue weighted by atomic mass is 10.1. The zero-order chi connectivity index (χ0) is 20.5. The Hall–Kier alpha value is -2.47. The molecule has 0 atom stereocenters. The molecule has 1 aromatic carbocycles. The van der Waals surface area contributed by atoms with Crippen LogP contribution in [0.1, 0.15) is 23.3 Å². The Labute approximate surface area is 158 Å². The van der Waals surface area contributed by atoms with Gasteiger partial charge in [0.1, 0.15) is 11.5 Å². The van der Waals surface area contributed by atoms with Gasteiger partial charge in [0.25, 0.3) is 5.91 Å². The Bertz CT molecular complexity index is 966. The number of carbonyl (C=O) groups is 1. The van der Waals surface area contributed by atoms with Crippen molar-refractivity contribution in [1.29, 1.82) is 0 Å². The van der Waals surface area contributed by atoms with E-state index in [0.29, 0.717) is 4.31 Å². The van der Waals surface area contributed by atoms with E-state index in [-0.39, 0.29) is 37.3 Å². The van der Waals surface area contributed by atoms with Crippen molar-refractivity contribution in [2.75, 3.05) is 13.1 Å². The molecule has 1 fully saturated rings. The Kier molecular flexibility index (Phi) is 5.44. The highest BCUT2D eigenvalue weighted by atomic mass is 32.2. The first kappa shape index (κ1) is 20.3. The van der Waals surface area contributed by atoms with E-state index in [1.165, 1.54) is 35.1 Å². The number of amides is 1. The molecule has 0 aliphatic carbocycles. The number of aromatic nitrogens is 2. The van der Waals surface area contributed by atoms with Gasteiger partial charge in [-0.05, 0) is 31.0 Å². The van der Waals surface area contributed by atoms with Gasteiger partial charge in [-0.25, -0.2) is 17.5 Å². The summed E-state index contributed by atoms with van der Waals surface area (Å²) < 4.78 is 75.9. The topological polar surface area (TPSA) is 84.3 Å². The van der Waals surface area contributed by atoms with Gasteiger partial charge in [-0.2, -0.15) is 22.6 Å². The second-order valence-corrected chi connectivity index (χ2v) is 8.12. The number of nitrogens with one attached hydrogen (secondary N) is 1. The average molecular weight is 420 g/mol. The number of alkyl halides is 3. The van der Waals surface area contributed by atoms with Gasteiger partial charge in [0.15, 0.2) is 5.69 Å². The van der Waals surface area contributed by atoms with Crippen LogP contribution in [0.4, 0.5) is 17.6 Å². The van der Waals surface area contributed by atoms with Gasteiger partial charge in [-0.1, -0.05) is 12.1 Å². The van der Waals surface area contributed by atoms with Crippen LogP contribution in [-0.4, -0.2) is 53.1 Å². The zero-order valence-corrected chi connectivity index (χ0v) is 15.2. The highest BCUT2D eigenvalue weighted by Crippen LogP contribution is 2.29. The largest absolute Gasteiger partial charge is 0.511 e. The molecule has 12 heteroatoms. The monoisotopic (exact) mass is 420 g/mol. The van der Waals surface area contributed by atoms with E-state index in [2.05, 4.69) is 10.4 Å². The standard InChI is InChI=1S/C16H16F4N4O3S/c17-12-3-1-2-4-14(12)24-10-7-13(22-24)15(25)21-11-5-8-23(9-6-11)28(26,27)16(18,19)20/h1-4,7,10-11H,5-6,8-9H2,(H,21,25). The van der Waals surface area contributed by atoms with Gasteiger partial charge in [0, 0.05) is 25.3 Å². The molecule has 0 bridgehead atoms. The highest BCUT2D eigenvalue weighted by Gasteiger charge is 2.50. The summed E-state index contributed by atoms with van der Waals surface area (Å²) in [5.41, 5.74) is -5.18. The summed E-state index contributed by atoms with van der Waals surface area (Å²) in [5, 5.41) is 6.62. The lowest BCUT2D eigenvalue weighted by Crippen LogP contribution is -2.49. The van der Waals surface area contributed by atoms with Crippen LogP contribution in [0, 0.1) is 5.82 Å². The number of hydrogen-bond acceptors (Lipinski definition) is 4. The lowest BCUT2D eigenvalue weighted by Gasteiger charge is -2.31. The fourth-order valence-electron chi connectivity index (χ4n) is 2.86. The number of rotatable bonds is 4. The molecule has 7 nitrogen and oxygen atoms in total. The highest BCUT2D eigenvalue weighted by molar-refractivity contribution is 7.90. The Morgan fingerprint density at radius 3 is 2.39 bits per heavy atom. The quantitative estimate of drug-likeness (QED) is 0.768. The van der Waals surface area contributed by atoms with Crippen LogP contribution in [0.2, 0.25) is 0 Å². The van der Waals surface area contributed by atoms with Crippen LogP contribution in [0.5, 0.6) is 0 Å². The molecule has 2 heterocycles. The summed E-state index contributed by atoms with van der Waals surface area (Å²) in [6.45, 7) is -0.701. The molecule has 3 rings (SSSR count). The Balaban J connectivity index is 1.61. The van der Waals surface area contributed by atoms with Crippen molar-refractivity contribution in [3.05, 3.63) is 48.0 Å². The number of sulfonamides is 1. The number of carbonyl (C=O) groups excluding carboxylic acids is 1. The molecule has 1 aliphatic heterocycles. The van der Waals surface area contributed by atoms with Gasteiger partial charge >= 0.3 is 15.5 Å². The normalized spacial score (nSPS) is 16.9. The molecule has 0 saturated carbocycles. The summed E-state index contributed by atoms with van der Waals surface area (Å²) in [4.78, 5) is 12.3. The first-order valence-electron chi connectivity index (χ1n) is 8.27. The predicted molar refractivity (Wildman–Crippen MR) is 90.6 cm³/mol. The fraction of sp³-hybridized carbons (Fsp3) is 0.375. The third kappa shape index (κ3) is 4.02. The third-order valence-electron chi connectivity index (χ3n) is 4.34. The average Bonchev–Trinajstić information content (AvgIpc) is 3.11. The lowest BCUT2D eigenvalue weighted by molar-refractivity contribution is -0.0495. The number of nitrogens with zero attached hydrogens (tertiary/aromatic N) is 3. The molecule has 0 unspecified atom stereocenters. The third-order valence-corrected chi connectivity index (χ3v) is 5.97. The van der Waals surface area contributed by atoms with Crippen molar-refractivity contribution in [1.82, 2.24) is 19.4 Å². The number of para-hydroxylation sites is 1. The van der Waals surface area contributed by atoms with Crippen molar-refractivity contribution in [2.45, 2.75) is 24.4 Å². The van der Waals surface area contributed by atoms with Crippen molar-refractivity contribution < 1.29 is 30.8 Å². The summed E-state index contributed by atoms with van der Waals surface area (Å²) in [6, 6.07) is 6.75. The molecule has 1 saturated heterocycles. The summed E-state index contributed by atoms with van der Waals surface area (Å²) in [5.74, 6) is -1.09. The Morgan fingerprint density at radius 1 is 1.14 bits per heavy atom. The maximum Gasteiger partial charge on any atom is 0.511 e. The summed E-state index contributed by atoms with van der Waals surface area (Å²) >= 11 is 0. The molecule has 1 N–H and O–H groups in total. The van der Waals surface area contributed by atoms with Crippen molar-refractivity contribution >= 4 is 15.9 Å². The molecule has 1 amide bonds. The summed E-state index contributed by atoms with van der Waals surface area (Å²) in [7, 11) is -5.37. The second-order valence-electron chi connectivity index (χ2n) is 6.19. The molecular formula is C16H16F4N4O3S. The van der Waals surface area contributed by atoms with Gasteiger partial charge in [-0.15, -0.1) is 0 Å². The Morgan fingerprint density at radius 2 is 1.79 bits per heavy atom. The second kappa shape index (κ2) is 7.51. The molecule has 1 aromatic heterocycles. The van der Waals surface area contributed by atoms with E-state index >= 15 is 0 Å². The first-order chi connectivity index (χ1) is 13.1. The SMILES string of the molecule is O=C(NC1CCN(S(=O)(=O)C(F)(F)F)CC1)c1ccn(-c2ccccc2F)n1. The molecule has 152 valence electrons. The number of piperidine rings is 1. The van der Waals surface area contributed by atoms with E-state index < -0.39 is 33.3 Å². The smallest absolute Gasteiger partial charge is 0.348 e. The predicted octanol–water partition coefficient (Wildman–Crippen LogP) is 2.06. The van der Waals surface area contributed by atoms with Crippen LogP contribution in [-0.2, 0) is 10.0 Å². The van der Waals surface area contributed by atoms with Crippen LogP contribution in [0.15, 0.2) is 36.5 Å². The van der Waals surface area contributed by atoms with E-state index in [9.17, 15) is 30.8 Å². The van der Waals surface area contributed by atoms with Crippen LogP contribution < -0.4 is 5.32 Å². The minimum atomic E-state index is -5.37. The maximum absolute atomic E-state index is 13.8. The fourth-order valence-corrected chi connectivity index (χ4v) is 3.85. The molecular weight excluding hydrogens is 404 g/mol. The minimum Gasteiger partial charge on any atom is -0.348 e. The van der Waals surface area contributed by atoms with Gasteiger partial charge < -0.3 is 5.32 Å². The van der Waals surface area contributed by atoms with E-state index in [0.717, 1.165) is 0 Å². The van der Waals surface area contributed by atoms with E-state index in [4.69, 9.17) is 0 Å². The van der Waals surface area contributed by atoms with Crippen LogP contribution in [0.25, 0.3) is 5.69 Å². The molecule has 2 aromatic rings. The number of halogens is 4. The first-order valence-corrected chi connectivity index (χ1v) is 9.71. The molecule has 1 aliphatic rings. The van der Waals surface area contributed by atoms with Gasteiger partial charge in [-0.3, -0.25) is 4.79 Å². The maximum atomic E-state index is 13.8. The molecule has 28 heavy (non-hydrogen) atoms. The van der Waals surface area contributed by atoms with Crippen molar-refractivity contribution in [3.63, 3.8) is 0 Å². The van der Waals surface area contributed by atoms with Gasteiger partial charge in [0.05, 0.1) is 0 Å². The number of hydrogen-bond donors (Lipinski definition) is 1. The van der Waals surface area contributed by atoms with Gasteiger partial charge in [0.2, 0.25) is 0 Å². The van der Waals surface area contributed by atoms with Crippen LogP contribution >= 0.6 is 0 Å². The zero-order valence-electron chi connectivity index (χ0n) is 14.4. The molecule has 0 radical (unpaired) electrons.